The second-order valence-corrected chi connectivity index (χ2v) is 19.9. The molecule has 1 N–H and O–H groups in total. The van der Waals surface area contributed by atoms with Gasteiger partial charge >= 0.3 is 0 Å². The summed E-state index contributed by atoms with van der Waals surface area (Å²) in [6.07, 6.45) is 0. The summed E-state index contributed by atoms with van der Waals surface area (Å²) < 4.78 is 2.14. The van der Waals surface area contributed by atoms with Crippen molar-refractivity contribution >= 4 is 21.8 Å². The van der Waals surface area contributed by atoms with E-state index in [0.29, 0.717) is 28.9 Å². The van der Waals surface area contributed by atoms with Gasteiger partial charge < -0.3 is 5.11 Å². The summed E-state index contributed by atoms with van der Waals surface area (Å²) in [6.45, 7) is 13.5. The van der Waals surface area contributed by atoms with Crippen molar-refractivity contribution in [2.75, 3.05) is 0 Å². The maximum absolute atomic E-state index is 11.1. The Morgan fingerprint density at radius 1 is 0.394 bits per heavy atom. The van der Waals surface area contributed by atoms with Crippen LogP contribution in [0.25, 0.3) is 107 Å². The van der Waals surface area contributed by atoms with Crippen LogP contribution in [0, 0.1) is 6.07 Å². The van der Waals surface area contributed by atoms with E-state index in [-0.39, 0.29) is 37.6 Å². The molecule has 0 saturated heterocycles. The van der Waals surface area contributed by atoms with Gasteiger partial charge in [-0.05, 0) is 69.5 Å². The molecule has 71 heavy (non-hydrogen) atoms. The average molecular weight is 1100 g/mol. The number of benzene rings is 7. The van der Waals surface area contributed by atoms with Crippen molar-refractivity contribution in [3.05, 3.63) is 211 Å². The van der Waals surface area contributed by atoms with Crippen LogP contribution in [0.15, 0.2) is 194 Å². The molecule has 0 aliphatic heterocycles. The molecule has 11 rings (SSSR count). The number of hydrogen-bond donors (Lipinski definition) is 1. The zero-order valence-electron chi connectivity index (χ0n) is 40.4. The summed E-state index contributed by atoms with van der Waals surface area (Å²) >= 11 is 0. The quantitative estimate of drug-likeness (QED) is 0.153. The van der Waals surface area contributed by atoms with Gasteiger partial charge in [-0.2, -0.15) is 9.97 Å². The van der Waals surface area contributed by atoms with Crippen molar-refractivity contribution in [1.82, 2.24) is 29.5 Å². The summed E-state index contributed by atoms with van der Waals surface area (Å²) in [5.74, 6) is 1.90. The fourth-order valence-corrected chi connectivity index (χ4v) is 9.08. The van der Waals surface area contributed by atoms with Gasteiger partial charge in [-0.25, -0.2) is 4.98 Å². The average Bonchev–Trinajstić information content (AvgIpc) is 3.72. The number of phenolic OH excluding ortho intramolecular Hbond substituents is 1. The van der Waals surface area contributed by atoms with Gasteiger partial charge in [0.25, 0.3) is 0 Å². The van der Waals surface area contributed by atoms with Gasteiger partial charge in [0, 0.05) is 65.5 Å². The van der Waals surface area contributed by atoms with Crippen molar-refractivity contribution in [2.24, 2.45) is 0 Å². The topological polar surface area (TPSA) is 89.6 Å². The first kappa shape index (κ1) is 46.8. The van der Waals surface area contributed by atoms with Crippen LogP contribution >= 0.6 is 0 Å². The molecule has 350 valence electrons. The van der Waals surface area contributed by atoms with E-state index in [9.17, 15) is 5.11 Å². The summed E-state index contributed by atoms with van der Waals surface area (Å²) in [5.41, 5.74) is 14.6. The Morgan fingerprint density at radius 3 is 1.59 bits per heavy atom. The second-order valence-electron chi connectivity index (χ2n) is 19.9. The minimum atomic E-state index is -0.0621. The van der Waals surface area contributed by atoms with Crippen LogP contribution in [-0.2, 0) is 31.9 Å². The molecular formula is C63H51N6OPt-. The van der Waals surface area contributed by atoms with Gasteiger partial charge in [0.15, 0.2) is 11.6 Å². The molecule has 0 bridgehead atoms. The number of nitrogens with zero attached hydrogens (tertiary/aromatic N) is 6. The number of aromatic hydroxyl groups is 1. The van der Waals surface area contributed by atoms with Crippen molar-refractivity contribution in [3.8, 4) is 90.6 Å². The smallest absolute Gasteiger partial charge is 0.238 e. The molecule has 0 atom stereocenters. The van der Waals surface area contributed by atoms with Crippen molar-refractivity contribution < 1.29 is 26.2 Å². The molecule has 0 spiro atoms. The Kier molecular flexibility index (Phi) is 12.4. The van der Waals surface area contributed by atoms with Crippen molar-refractivity contribution in [3.63, 3.8) is 0 Å². The largest absolute Gasteiger partial charge is 0.507 e. The van der Waals surface area contributed by atoms with E-state index in [4.69, 9.17) is 24.9 Å². The Bertz CT molecular complexity index is 3670. The summed E-state index contributed by atoms with van der Waals surface area (Å²) in [7, 11) is 0. The van der Waals surface area contributed by atoms with Gasteiger partial charge in [0.2, 0.25) is 5.95 Å². The van der Waals surface area contributed by atoms with E-state index in [1.807, 2.05) is 115 Å². The first-order valence-electron chi connectivity index (χ1n) is 23.7. The SMILES string of the molecule is CC(C)(C)c1cc(-c2cc(-c3[c-]c(-c4cccc(-c5ccc6c7ccccc7n(-c7nc(-c8ccccc8)nc(-c8ccccc8)n7)c6c5)n4)ccc3)nc(-c3ccccc3O)c2)cc(C(C)(C)C)c1.[Pt]. The van der Waals surface area contributed by atoms with E-state index in [2.05, 4.69) is 125 Å². The normalized spacial score (nSPS) is 11.7. The molecule has 0 saturated carbocycles. The molecule has 11 aromatic rings. The van der Waals surface area contributed by atoms with Crippen LogP contribution in [-0.4, -0.2) is 34.6 Å². The second kappa shape index (κ2) is 18.8. The van der Waals surface area contributed by atoms with Gasteiger partial charge in [0.1, 0.15) is 5.75 Å². The molecule has 7 aromatic carbocycles. The van der Waals surface area contributed by atoms with Gasteiger partial charge in [-0.15, -0.1) is 24.3 Å². The minimum absolute atomic E-state index is 0. The first-order valence-corrected chi connectivity index (χ1v) is 23.7. The first-order chi connectivity index (χ1) is 33.8. The van der Waals surface area contributed by atoms with E-state index in [0.717, 1.165) is 77.8 Å². The standard InChI is InChI=1S/C63H51N6O.Pt/c1-62(2,3)47-34-45(35-48(39-47)63(4,5)6)46-36-54(65-55(37-46)51-26-14-16-30-58(51)70)43-24-17-23-42(33-43)52-27-18-28-53(64-52)44-31-32-50-49-25-13-15-29-56(49)69(57(50)38-44)61-67-59(40-19-9-7-10-20-40)66-60(68-61)41-21-11-8-12-22-41;/h7-32,34-39,70H,1-6H3;/q-1;. The number of fused-ring (bicyclic) bond motifs is 3. The van der Waals surface area contributed by atoms with Gasteiger partial charge in [-0.3, -0.25) is 14.5 Å². The third kappa shape index (κ3) is 9.34. The Hall–Kier alpha value is -7.86. The van der Waals surface area contributed by atoms with Crippen molar-refractivity contribution in [1.29, 1.82) is 0 Å². The Balaban J connectivity index is 0.00000582. The van der Waals surface area contributed by atoms with Crippen LogP contribution in [0.1, 0.15) is 52.7 Å². The Morgan fingerprint density at radius 2 is 0.930 bits per heavy atom. The third-order valence-corrected chi connectivity index (χ3v) is 13.0. The number of para-hydroxylation sites is 2. The van der Waals surface area contributed by atoms with Crippen molar-refractivity contribution in [2.45, 2.75) is 52.4 Å². The predicted molar refractivity (Wildman–Crippen MR) is 286 cm³/mol. The predicted octanol–water partition coefficient (Wildman–Crippen LogP) is 15.5. The van der Waals surface area contributed by atoms with Gasteiger partial charge in [-0.1, -0.05) is 192 Å². The van der Waals surface area contributed by atoms with Crippen LogP contribution in [0.4, 0.5) is 0 Å². The fraction of sp³-hybridized carbons (Fsp3) is 0.127. The van der Waals surface area contributed by atoms with E-state index in [1.165, 1.54) is 11.1 Å². The number of aromatic nitrogens is 6. The van der Waals surface area contributed by atoms with E-state index in [1.54, 1.807) is 6.07 Å². The molecule has 8 heteroatoms. The molecule has 0 aliphatic rings. The van der Waals surface area contributed by atoms with Crippen LogP contribution < -0.4 is 0 Å². The maximum atomic E-state index is 11.1. The molecule has 0 amide bonds. The molecule has 4 heterocycles. The third-order valence-electron chi connectivity index (χ3n) is 13.0. The van der Waals surface area contributed by atoms with Crippen LogP contribution in [0.5, 0.6) is 5.75 Å². The maximum Gasteiger partial charge on any atom is 0.238 e. The molecule has 0 aliphatic carbocycles. The van der Waals surface area contributed by atoms with Crippen LogP contribution in [0.2, 0.25) is 0 Å². The summed E-state index contributed by atoms with van der Waals surface area (Å²) in [6, 6.07) is 69.5. The fourth-order valence-electron chi connectivity index (χ4n) is 9.08. The zero-order valence-corrected chi connectivity index (χ0v) is 42.7. The molecule has 0 fully saturated rings. The zero-order chi connectivity index (χ0) is 48.1. The molecule has 0 unspecified atom stereocenters. The number of hydrogen-bond acceptors (Lipinski definition) is 6. The Labute approximate surface area is 429 Å². The van der Waals surface area contributed by atoms with Crippen LogP contribution in [0.3, 0.4) is 0 Å². The minimum Gasteiger partial charge on any atom is -0.507 e. The van der Waals surface area contributed by atoms with E-state index >= 15 is 0 Å². The summed E-state index contributed by atoms with van der Waals surface area (Å²) in [5, 5.41) is 13.3. The molecular weight excluding hydrogens is 1050 g/mol. The molecule has 0 radical (unpaired) electrons. The monoisotopic (exact) mass is 1100 g/mol. The number of pyridine rings is 2. The number of phenols is 1. The summed E-state index contributed by atoms with van der Waals surface area (Å²) in [4.78, 5) is 25.7. The molecule has 4 aromatic heterocycles. The number of rotatable bonds is 8. The molecule has 7 nitrogen and oxygen atoms in total. The van der Waals surface area contributed by atoms with Gasteiger partial charge in [0.05, 0.1) is 22.4 Å². The van der Waals surface area contributed by atoms with E-state index < -0.39 is 0 Å².